The minimum atomic E-state index is -0.302. The minimum Gasteiger partial charge on any atom is -0.375 e. The SMILES string of the molecule is O=C(NC1CNN(CC2CCC(Cl)C(Cl)C2)C1)C1CC(C2CCCO2)ON1. The van der Waals surface area contributed by atoms with Gasteiger partial charge in [0, 0.05) is 38.0 Å². The molecule has 0 bridgehead atoms. The van der Waals surface area contributed by atoms with E-state index in [1.807, 2.05) is 0 Å². The Morgan fingerprint density at radius 3 is 2.81 bits per heavy atom. The lowest BCUT2D eigenvalue weighted by molar-refractivity contribution is -0.125. The number of nitrogens with one attached hydrogen (secondary N) is 3. The van der Waals surface area contributed by atoms with Gasteiger partial charge in [-0.05, 0) is 38.0 Å². The highest BCUT2D eigenvalue weighted by Crippen LogP contribution is 2.32. The molecule has 3 heterocycles. The van der Waals surface area contributed by atoms with Crippen molar-refractivity contribution < 1.29 is 14.4 Å². The van der Waals surface area contributed by atoms with Crippen LogP contribution in [0.25, 0.3) is 0 Å². The molecule has 3 aliphatic heterocycles. The summed E-state index contributed by atoms with van der Waals surface area (Å²) in [5.41, 5.74) is 6.29. The molecule has 0 aromatic heterocycles. The molecule has 4 rings (SSSR count). The number of alkyl halides is 2. The average molecular weight is 421 g/mol. The van der Waals surface area contributed by atoms with E-state index >= 15 is 0 Å². The Kier molecular flexibility index (Phi) is 6.80. The third-order valence-corrected chi connectivity index (χ3v) is 7.29. The van der Waals surface area contributed by atoms with Crippen molar-refractivity contribution in [3.05, 3.63) is 0 Å². The van der Waals surface area contributed by atoms with Crippen LogP contribution >= 0.6 is 23.2 Å². The number of hydrazine groups is 1. The zero-order chi connectivity index (χ0) is 18.8. The van der Waals surface area contributed by atoms with Crippen molar-refractivity contribution in [2.75, 3.05) is 26.2 Å². The number of halogens is 2. The predicted octanol–water partition coefficient (Wildman–Crippen LogP) is 1.15. The molecule has 9 heteroatoms. The Bertz CT molecular complexity index is 523. The highest BCUT2D eigenvalue weighted by molar-refractivity contribution is 6.30. The van der Waals surface area contributed by atoms with Crippen molar-refractivity contribution in [1.29, 1.82) is 0 Å². The number of hydroxylamine groups is 1. The van der Waals surface area contributed by atoms with Crippen LogP contribution < -0.4 is 16.2 Å². The maximum Gasteiger partial charge on any atom is 0.239 e. The zero-order valence-electron chi connectivity index (χ0n) is 15.5. The molecule has 7 atom stereocenters. The van der Waals surface area contributed by atoms with Crippen molar-refractivity contribution in [3.8, 4) is 0 Å². The van der Waals surface area contributed by atoms with E-state index in [-0.39, 0.29) is 41.0 Å². The van der Waals surface area contributed by atoms with Crippen LogP contribution in [0.3, 0.4) is 0 Å². The first-order valence-corrected chi connectivity index (χ1v) is 11.1. The lowest BCUT2D eigenvalue weighted by Gasteiger charge is -2.31. The van der Waals surface area contributed by atoms with Gasteiger partial charge in [-0.15, -0.1) is 23.2 Å². The van der Waals surface area contributed by atoms with Gasteiger partial charge in [0.25, 0.3) is 0 Å². The Labute approximate surface area is 170 Å². The highest BCUT2D eigenvalue weighted by atomic mass is 35.5. The Hall–Kier alpha value is -0.150. The second-order valence-electron chi connectivity index (χ2n) is 8.30. The van der Waals surface area contributed by atoms with E-state index in [0.717, 1.165) is 58.3 Å². The fourth-order valence-corrected chi connectivity index (χ4v) is 5.20. The number of carbonyl (C=O) groups excluding carboxylic acids is 1. The van der Waals surface area contributed by atoms with E-state index in [1.165, 1.54) is 0 Å². The van der Waals surface area contributed by atoms with Crippen LogP contribution in [0.4, 0.5) is 0 Å². The summed E-state index contributed by atoms with van der Waals surface area (Å²) >= 11 is 12.5. The molecule has 1 saturated carbocycles. The van der Waals surface area contributed by atoms with Crippen LogP contribution in [-0.2, 0) is 14.4 Å². The molecular formula is C18H30Cl2N4O3. The van der Waals surface area contributed by atoms with Crippen molar-refractivity contribution >= 4 is 29.1 Å². The summed E-state index contributed by atoms with van der Waals surface area (Å²) in [4.78, 5) is 18.2. The Morgan fingerprint density at radius 2 is 2.04 bits per heavy atom. The van der Waals surface area contributed by atoms with E-state index in [4.69, 9.17) is 32.8 Å². The van der Waals surface area contributed by atoms with Gasteiger partial charge in [0.15, 0.2) is 0 Å². The molecule has 1 amide bonds. The van der Waals surface area contributed by atoms with Crippen molar-refractivity contribution in [2.45, 2.75) is 73.6 Å². The summed E-state index contributed by atoms with van der Waals surface area (Å²) in [6, 6.07) is -0.193. The summed E-state index contributed by atoms with van der Waals surface area (Å²) in [5.74, 6) is 0.564. The summed E-state index contributed by atoms with van der Waals surface area (Å²) in [7, 11) is 0. The monoisotopic (exact) mass is 420 g/mol. The number of hydrogen-bond donors (Lipinski definition) is 3. The van der Waals surface area contributed by atoms with Gasteiger partial charge in [0.2, 0.25) is 5.91 Å². The predicted molar refractivity (Wildman–Crippen MR) is 104 cm³/mol. The molecule has 1 aliphatic carbocycles. The number of ether oxygens (including phenoxy) is 1. The van der Waals surface area contributed by atoms with Crippen LogP contribution in [-0.4, -0.2) is 72.2 Å². The molecule has 0 aromatic carbocycles. The maximum absolute atomic E-state index is 12.6. The molecule has 27 heavy (non-hydrogen) atoms. The first-order chi connectivity index (χ1) is 13.1. The van der Waals surface area contributed by atoms with Gasteiger partial charge in [-0.25, -0.2) is 5.01 Å². The first-order valence-electron chi connectivity index (χ1n) is 10.2. The normalized spacial score (nSPS) is 43.3. The van der Waals surface area contributed by atoms with Crippen molar-refractivity contribution in [1.82, 2.24) is 21.2 Å². The first kappa shape index (κ1) is 20.1. The lowest BCUT2D eigenvalue weighted by Crippen LogP contribution is -2.47. The molecule has 154 valence electrons. The second-order valence-corrected chi connectivity index (χ2v) is 9.42. The Morgan fingerprint density at radius 1 is 1.15 bits per heavy atom. The molecule has 3 N–H and O–H groups in total. The molecule has 0 radical (unpaired) electrons. The maximum atomic E-state index is 12.6. The number of nitrogens with zero attached hydrogens (tertiary/aromatic N) is 1. The molecule has 4 aliphatic rings. The van der Waals surface area contributed by atoms with Gasteiger partial charge in [-0.3, -0.25) is 15.1 Å². The van der Waals surface area contributed by atoms with Gasteiger partial charge >= 0.3 is 0 Å². The number of hydrogen-bond acceptors (Lipinski definition) is 6. The van der Waals surface area contributed by atoms with E-state index in [2.05, 4.69) is 21.2 Å². The van der Waals surface area contributed by atoms with Gasteiger partial charge in [0.1, 0.15) is 12.1 Å². The lowest BCUT2D eigenvalue weighted by atomic mass is 9.88. The molecule has 0 spiro atoms. The number of amides is 1. The van der Waals surface area contributed by atoms with Crippen molar-refractivity contribution in [2.24, 2.45) is 5.92 Å². The van der Waals surface area contributed by atoms with Crippen LogP contribution in [0, 0.1) is 5.92 Å². The standard InChI is InChI=1S/C18H30Cl2N4O3/c19-13-4-3-11(6-14(13)20)9-24-10-12(8-21-24)22-18(25)15-7-17(27-23-15)16-2-1-5-26-16/h11-17,21,23H,1-10H2,(H,22,25). The smallest absolute Gasteiger partial charge is 0.239 e. The van der Waals surface area contributed by atoms with Crippen LogP contribution in [0.15, 0.2) is 0 Å². The van der Waals surface area contributed by atoms with Crippen LogP contribution in [0.1, 0.15) is 38.5 Å². The van der Waals surface area contributed by atoms with E-state index in [0.29, 0.717) is 12.3 Å². The third-order valence-electron chi connectivity index (χ3n) is 6.15. The van der Waals surface area contributed by atoms with E-state index in [1.54, 1.807) is 0 Å². The largest absolute Gasteiger partial charge is 0.375 e. The number of rotatable bonds is 5. The summed E-state index contributed by atoms with van der Waals surface area (Å²) in [6.45, 7) is 3.30. The molecule has 3 saturated heterocycles. The van der Waals surface area contributed by atoms with Gasteiger partial charge in [-0.2, -0.15) is 5.48 Å². The van der Waals surface area contributed by atoms with Crippen molar-refractivity contribution in [3.63, 3.8) is 0 Å². The second kappa shape index (κ2) is 9.11. The van der Waals surface area contributed by atoms with Crippen LogP contribution in [0.5, 0.6) is 0 Å². The van der Waals surface area contributed by atoms with Gasteiger partial charge in [0.05, 0.1) is 17.5 Å². The quantitative estimate of drug-likeness (QED) is 0.579. The average Bonchev–Trinajstić information content (AvgIpc) is 3.38. The van der Waals surface area contributed by atoms with Crippen LogP contribution in [0.2, 0.25) is 0 Å². The van der Waals surface area contributed by atoms with Gasteiger partial charge < -0.3 is 10.1 Å². The Balaban J connectivity index is 1.18. The molecule has 0 aromatic rings. The fourth-order valence-electron chi connectivity index (χ4n) is 4.59. The molecular weight excluding hydrogens is 391 g/mol. The molecule has 4 fully saturated rings. The minimum absolute atomic E-state index is 0.00705. The molecule has 7 nitrogen and oxygen atoms in total. The third kappa shape index (κ3) is 5.07. The van der Waals surface area contributed by atoms with E-state index in [9.17, 15) is 4.79 Å². The van der Waals surface area contributed by atoms with Gasteiger partial charge in [-0.1, -0.05) is 0 Å². The summed E-state index contributed by atoms with van der Waals surface area (Å²) < 4.78 is 5.67. The van der Waals surface area contributed by atoms with E-state index < -0.39 is 0 Å². The summed E-state index contributed by atoms with van der Waals surface area (Å²) in [6.07, 6.45) is 5.89. The summed E-state index contributed by atoms with van der Waals surface area (Å²) in [5, 5.41) is 5.51. The zero-order valence-corrected chi connectivity index (χ0v) is 17.1. The highest BCUT2D eigenvalue weighted by Gasteiger charge is 2.38. The molecule has 7 unspecified atom stereocenters. The number of carbonyl (C=O) groups is 1. The fraction of sp³-hybridized carbons (Fsp3) is 0.944. The topological polar surface area (TPSA) is 74.9 Å².